The Balaban J connectivity index is 0.00000675. The van der Waals surface area contributed by atoms with E-state index in [4.69, 9.17) is 4.98 Å². The number of unbranched alkanes of at least 4 members (excludes halogenated alkanes) is 23. The van der Waals surface area contributed by atoms with Crippen LogP contribution in [0.15, 0.2) is 42.5 Å². The van der Waals surface area contributed by atoms with Gasteiger partial charge in [-0.15, -0.1) is 24.0 Å². The number of nitrogens with zero attached hydrogens (tertiary/aromatic N) is 2. The van der Waals surface area contributed by atoms with Crippen molar-refractivity contribution in [3.05, 3.63) is 48.0 Å². The van der Waals surface area contributed by atoms with E-state index in [9.17, 15) is 0 Å². The predicted molar refractivity (Wildman–Crippen MR) is 209 cm³/mol. The summed E-state index contributed by atoms with van der Waals surface area (Å²) in [7, 11) is 4.33. The molecular weight excluding hydrogens is 647 g/mol. The van der Waals surface area contributed by atoms with Crippen LogP contribution in [0, 0.1) is 0 Å². The first-order valence-corrected chi connectivity index (χ1v) is 18.7. The van der Waals surface area contributed by atoms with E-state index in [-0.39, 0.29) is 24.0 Å². The molecule has 0 N–H and O–H groups in total. The second kappa shape index (κ2) is 24.8. The van der Waals surface area contributed by atoms with Crippen LogP contribution in [-0.4, -0.2) is 19.1 Å². The van der Waals surface area contributed by atoms with E-state index in [0.29, 0.717) is 0 Å². The molecule has 0 aliphatic carbocycles. The molecule has 1 heterocycles. The van der Waals surface area contributed by atoms with E-state index < -0.39 is 0 Å². The summed E-state index contributed by atoms with van der Waals surface area (Å²) in [6.07, 6.45) is 35.7. The minimum atomic E-state index is 0. The fraction of sp³-hybridized carbons (Fsp3) is 0.683. The lowest BCUT2D eigenvalue weighted by atomic mass is 9.97. The molecule has 1 aromatic heterocycles. The number of halogens is 1. The third kappa shape index (κ3) is 15.3. The smallest absolute Gasteiger partial charge is 0.0714 e. The minimum Gasteiger partial charge on any atom is -0.377 e. The first-order chi connectivity index (χ1) is 21.2. The van der Waals surface area contributed by atoms with Crippen molar-refractivity contribution >= 4 is 51.5 Å². The van der Waals surface area contributed by atoms with Crippen molar-refractivity contribution in [2.24, 2.45) is 0 Å². The molecule has 0 saturated heterocycles. The van der Waals surface area contributed by atoms with Crippen LogP contribution in [-0.2, 0) is 6.42 Å². The molecule has 3 heteroatoms. The predicted octanol–water partition coefficient (Wildman–Crippen LogP) is 14.0. The van der Waals surface area contributed by atoms with Gasteiger partial charge in [0, 0.05) is 30.6 Å². The fourth-order valence-corrected chi connectivity index (χ4v) is 6.84. The Labute approximate surface area is 289 Å². The lowest BCUT2D eigenvalue weighted by Crippen LogP contribution is -2.11. The van der Waals surface area contributed by atoms with Gasteiger partial charge in [0.1, 0.15) is 0 Å². The number of benzene rings is 2. The molecule has 0 aliphatic heterocycles. The zero-order valence-electron chi connectivity index (χ0n) is 29.0. The normalized spacial score (nSPS) is 11.3. The van der Waals surface area contributed by atoms with Crippen LogP contribution in [0.2, 0.25) is 0 Å². The lowest BCUT2D eigenvalue weighted by Gasteiger charge is -2.20. The summed E-state index contributed by atoms with van der Waals surface area (Å²) >= 11 is 0. The largest absolute Gasteiger partial charge is 0.377 e. The Bertz CT molecular complexity index is 1120. The van der Waals surface area contributed by atoms with Crippen molar-refractivity contribution in [2.75, 3.05) is 19.0 Å². The Morgan fingerprint density at radius 1 is 0.500 bits per heavy atom. The maximum atomic E-state index is 4.96. The van der Waals surface area contributed by atoms with Crippen molar-refractivity contribution in [2.45, 2.75) is 167 Å². The summed E-state index contributed by atoms with van der Waals surface area (Å²) in [5.74, 6) is 0. The molecule has 0 atom stereocenters. The minimum absolute atomic E-state index is 0. The fourth-order valence-electron chi connectivity index (χ4n) is 6.84. The van der Waals surface area contributed by atoms with Gasteiger partial charge < -0.3 is 4.90 Å². The maximum absolute atomic E-state index is 4.96. The zero-order chi connectivity index (χ0) is 30.4. The van der Waals surface area contributed by atoms with Crippen molar-refractivity contribution in [1.29, 1.82) is 0 Å². The molecule has 0 amide bonds. The van der Waals surface area contributed by atoms with Crippen molar-refractivity contribution in [3.8, 4) is 0 Å². The highest BCUT2D eigenvalue weighted by molar-refractivity contribution is 14.0. The second-order valence-corrected chi connectivity index (χ2v) is 13.6. The molecule has 0 spiro atoms. The van der Waals surface area contributed by atoms with Gasteiger partial charge in [-0.25, -0.2) is 4.98 Å². The number of anilines is 1. The SMILES string of the molecule is CCCCCCCCCCCCCCCCCCCCCCCCCCc1c(N(C)C)ccc2nc3ccccc3cc12.I. The molecule has 3 rings (SSSR count). The van der Waals surface area contributed by atoms with Crippen LogP contribution >= 0.6 is 24.0 Å². The summed E-state index contributed by atoms with van der Waals surface area (Å²) in [6.45, 7) is 2.30. The topological polar surface area (TPSA) is 16.1 Å². The van der Waals surface area contributed by atoms with Crippen LogP contribution in [0.3, 0.4) is 0 Å². The van der Waals surface area contributed by atoms with Crippen LogP contribution in [0.5, 0.6) is 0 Å². The van der Waals surface area contributed by atoms with Crippen molar-refractivity contribution in [3.63, 3.8) is 0 Å². The number of para-hydroxylation sites is 1. The van der Waals surface area contributed by atoms with Gasteiger partial charge >= 0.3 is 0 Å². The second-order valence-electron chi connectivity index (χ2n) is 13.6. The van der Waals surface area contributed by atoms with Gasteiger partial charge in [0.15, 0.2) is 0 Å². The van der Waals surface area contributed by atoms with Crippen molar-refractivity contribution < 1.29 is 0 Å². The van der Waals surface area contributed by atoms with Crippen LogP contribution in [0.1, 0.15) is 167 Å². The molecule has 0 aliphatic rings. The van der Waals surface area contributed by atoms with Gasteiger partial charge in [0.25, 0.3) is 0 Å². The van der Waals surface area contributed by atoms with Gasteiger partial charge in [0.05, 0.1) is 11.0 Å². The monoisotopic (exact) mass is 714 g/mol. The first kappa shape index (κ1) is 38.8. The molecule has 3 aromatic rings. The summed E-state index contributed by atoms with van der Waals surface area (Å²) in [4.78, 5) is 7.23. The van der Waals surface area contributed by atoms with Gasteiger partial charge in [-0.2, -0.15) is 0 Å². The zero-order valence-corrected chi connectivity index (χ0v) is 31.4. The number of rotatable bonds is 26. The quantitative estimate of drug-likeness (QED) is 0.0467. The summed E-state index contributed by atoms with van der Waals surface area (Å²) in [6, 6.07) is 15.3. The van der Waals surface area contributed by atoms with Crippen LogP contribution < -0.4 is 4.90 Å². The molecule has 0 radical (unpaired) electrons. The number of aromatic nitrogens is 1. The molecule has 0 bridgehead atoms. The average Bonchev–Trinajstić information content (AvgIpc) is 3.02. The average molecular weight is 715 g/mol. The first-order valence-electron chi connectivity index (χ1n) is 18.7. The standard InChI is InChI=1S/C41H66N2.HI/c1-4-5-6-7-8-9-10-11-12-13-14-15-16-17-18-19-20-21-22-23-24-25-26-27-31-37-38-35-36-30-28-29-32-39(36)42-40(38)33-34-41(37)43(2)3;/h28-30,32-35H,4-27,31H2,1-3H3;1H. The van der Waals surface area contributed by atoms with Gasteiger partial charge in [0.2, 0.25) is 0 Å². The molecular formula is C41H67IN2. The number of fused-ring (bicyclic) bond motifs is 2. The van der Waals surface area contributed by atoms with Gasteiger partial charge in [-0.05, 0) is 42.7 Å². The Hall–Kier alpha value is -1.36. The van der Waals surface area contributed by atoms with Gasteiger partial charge in [-0.3, -0.25) is 0 Å². The van der Waals surface area contributed by atoms with E-state index in [2.05, 4.69) is 68.4 Å². The van der Waals surface area contributed by atoms with Crippen LogP contribution in [0.4, 0.5) is 5.69 Å². The molecule has 0 unspecified atom stereocenters. The number of hydrogen-bond acceptors (Lipinski definition) is 2. The number of hydrogen-bond donors (Lipinski definition) is 0. The highest BCUT2D eigenvalue weighted by atomic mass is 127. The Morgan fingerprint density at radius 3 is 1.39 bits per heavy atom. The molecule has 0 saturated carbocycles. The van der Waals surface area contributed by atoms with E-state index in [1.54, 1.807) is 0 Å². The molecule has 248 valence electrons. The third-order valence-corrected chi connectivity index (χ3v) is 9.55. The Morgan fingerprint density at radius 2 is 0.932 bits per heavy atom. The summed E-state index contributed by atoms with van der Waals surface area (Å²) in [5.41, 5.74) is 5.04. The lowest BCUT2D eigenvalue weighted by molar-refractivity contribution is 0.517. The van der Waals surface area contributed by atoms with Crippen LogP contribution in [0.25, 0.3) is 21.8 Å². The molecule has 44 heavy (non-hydrogen) atoms. The molecule has 0 fully saturated rings. The highest BCUT2D eigenvalue weighted by Gasteiger charge is 2.11. The molecule has 2 aromatic carbocycles. The van der Waals surface area contributed by atoms with E-state index in [1.165, 1.54) is 176 Å². The summed E-state index contributed by atoms with van der Waals surface area (Å²) in [5, 5.41) is 2.57. The Kier molecular flexibility index (Phi) is 21.9. The molecule has 2 nitrogen and oxygen atoms in total. The number of aryl methyl sites for hydroxylation is 1. The maximum Gasteiger partial charge on any atom is 0.0714 e. The van der Waals surface area contributed by atoms with E-state index >= 15 is 0 Å². The van der Waals surface area contributed by atoms with Crippen molar-refractivity contribution in [1.82, 2.24) is 4.98 Å². The summed E-state index contributed by atoms with van der Waals surface area (Å²) < 4.78 is 0. The van der Waals surface area contributed by atoms with E-state index in [0.717, 1.165) is 17.5 Å². The van der Waals surface area contributed by atoms with E-state index in [1.807, 2.05) is 0 Å². The third-order valence-electron chi connectivity index (χ3n) is 9.55. The highest BCUT2D eigenvalue weighted by Crippen LogP contribution is 2.31. The number of pyridine rings is 1. The van der Waals surface area contributed by atoms with Gasteiger partial charge in [-0.1, -0.05) is 173 Å².